The van der Waals surface area contributed by atoms with E-state index in [2.05, 4.69) is 20.0 Å². The first-order chi connectivity index (χ1) is 16.1. The molecule has 3 aromatic rings. The minimum absolute atomic E-state index is 0.177. The van der Waals surface area contributed by atoms with Crippen LogP contribution in [-0.4, -0.2) is 38.3 Å². The highest BCUT2D eigenvalue weighted by Crippen LogP contribution is 2.30. The summed E-state index contributed by atoms with van der Waals surface area (Å²) in [5, 5.41) is 55.8. The molecule has 0 aliphatic rings. The Labute approximate surface area is 190 Å². The SMILES string of the molecule is COC(=O)C(Cc1nc2ccccc2[nH]c1=O)C([O-])=C(O)Nc1ccc(N([O-])O)cc1[N+](=O)[O-]. The number of anilines is 2. The number of H-pyrrole nitrogens is 1. The monoisotopic (exact) mass is 471 g/mol. The highest BCUT2D eigenvalue weighted by Gasteiger charge is 2.25. The molecule has 1 atom stereocenters. The molecule has 14 heteroatoms. The third-order valence-electron chi connectivity index (χ3n) is 4.75. The average molecular weight is 471 g/mol. The normalized spacial score (nSPS) is 12.6. The van der Waals surface area contributed by atoms with Gasteiger partial charge in [-0.2, -0.15) is 0 Å². The van der Waals surface area contributed by atoms with Gasteiger partial charge in [-0.3, -0.25) is 24.9 Å². The first kappa shape index (κ1) is 24.0. The summed E-state index contributed by atoms with van der Waals surface area (Å²) in [4.78, 5) is 41.7. The fourth-order valence-corrected chi connectivity index (χ4v) is 3.07. The Kier molecular flexibility index (Phi) is 6.94. The molecule has 0 fully saturated rings. The Morgan fingerprint density at radius 2 is 2.03 bits per heavy atom. The molecule has 4 N–H and O–H groups in total. The molecular weight excluding hydrogens is 454 g/mol. The zero-order chi connectivity index (χ0) is 25.0. The summed E-state index contributed by atoms with van der Waals surface area (Å²) in [6, 6.07) is 9.21. The van der Waals surface area contributed by atoms with E-state index >= 15 is 0 Å². The largest absolute Gasteiger partial charge is 0.871 e. The van der Waals surface area contributed by atoms with E-state index < -0.39 is 62.7 Å². The molecule has 2 aromatic carbocycles. The van der Waals surface area contributed by atoms with E-state index in [4.69, 9.17) is 5.21 Å². The Morgan fingerprint density at radius 1 is 1.32 bits per heavy atom. The lowest BCUT2D eigenvalue weighted by molar-refractivity contribution is -0.383. The van der Waals surface area contributed by atoms with E-state index in [-0.39, 0.29) is 5.69 Å². The molecule has 1 unspecified atom stereocenters. The van der Waals surface area contributed by atoms with Gasteiger partial charge < -0.3 is 35.7 Å². The van der Waals surface area contributed by atoms with Gasteiger partial charge in [-0.15, -0.1) is 0 Å². The smallest absolute Gasteiger partial charge is 0.312 e. The second-order valence-electron chi connectivity index (χ2n) is 6.88. The molecule has 34 heavy (non-hydrogen) atoms. The zero-order valence-electron chi connectivity index (χ0n) is 17.4. The van der Waals surface area contributed by atoms with Gasteiger partial charge in [0.2, 0.25) is 0 Å². The van der Waals surface area contributed by atoms with Crippen LogP contribution in [0.1, 0.15) is 5.69 Å². The average Bonchev–Trinajstić information content (AvgIpc) is 2.81. The summed E-state index contributed by atoms with van der Waals surface area (Å²) in [7, 11) is 0.998. The molecule has 178 valence electrons. The molecule has 0 spiro atoms. The summed E-state index contributed by atoms with van der Waals surface area (Å²) in [5.74, 6) is -5.18. The number of aromatic nitrogens is 2. The van der Waals surface area contributed by atoms with Crippen LogP contribution in [0.15, 0.2) is 58.9 Å². The number of aliphatic hydroxyl groups excluding tert-OH is 1. The number of aliphatic hydroxyl groups is 1. The minimum Gasteiger partial charge on any atom is -0.871 e. The maximum Gasteiger partial charge on any atom is 0.312 e. The quantitative estimate of drug-likeness (QED) is 0.157. The first-order valence-electron chi connectivity index (χ1n) is 9.50. The molecule has 14 nitrogen and oxygen atoms in total. The number of para-hydroxylation sites is 2. The summed E-state index contributed by atoms with van der Waals surface area (Å²) in [6.45, 7) is 0. The van der Waals surface area contributed by atoms with Crippen molar-refractivity contribution < 1.29 is 29.9 Å². The highest BCUT2D eigenvalue weighted by atomic mass is 16.8. The van der Waals surface area contributed by atoms with Crippen molar-refractivity contribution in [1.82, 2.24) is 9.97 Å². The summed E-state index contributed by atoms with van der Waals surface area (Å²) in [5.41, 5.74) is -1.65. The van der Waals surface area contributed by atoms with E-state index in [1.807, 2.05) is 0 Å². The van der Waals surface area contributed by atoms with E-state index in [9.17, 15) is 35.1 Å². The number of nitro groups is 1. The Morgan fingerprint density at radius 3 is 2.68 bits per heavy atom. The number of rotatable bonds is 8. The molecule has 0 aliphatic carbocycles. The number of nitro benzene ring substituents is 1. The fraction of sp³-hybridized carbons (Fsp3) is 0.150. The molecule has 1 aromatic heterocycles. The van der Waals surface area contributed by atoms with Crippen LogP contribution >= 0.6 is 0 Å². The van der Waals surface area contributed by atoms with Crippen molar-refractivity contribution in [2.75, 3.05) is 17.7 Å². The van der Waals surface area contributed by atoms with Crippen molar-refractivity contribution >= 4 is 34.1 Å². The topological polar surface area (TPSA) is 217 Å². The number of methoxy groups -OCH3 is 1. The molecular formula is C20H17N5O9-2. The molecule has 0 aliphatic heterocycles. The number of nitrogens with one attached hydrogen (secondary N) is 2. The van der Waals surface area contributed by atoms with Crippen LogP contribution in [0, 0.1) is 21.2 Å². The van der Waals surface area contributed by atoms with Crippen molar-refractivity contribution in [3.05, 3.63) is 85.5 Å². The molecule has 0 saturated heterocycles. The maximum atomic E-state index is 12.8. The summed E-state index contributed by atoms with van der Waals surface area (Å²) >= 11 is 0. The molecule has 0 radical (unpaired) electrons. The van der Waals surface area contributed by atoms with E-state index in [1.54, 1.807) is 24.3 Å². The number of hydrogen-bond acceptors (Lipinski definition) is 12. The standard InChI is InChI=1S/C20H18N5O9/c1-34-20(29)11(9-15-18(27)22-13-5-3-2-4-12(13)21-15)17(26)19(28)23-14-7-6-10(24(30)31)8-16(14)25(32)33/h2-8,11,23,26,28,30H,9H2,1H3,(H,22,27)/q-1/p-1. The number of aromatic amines is 1. The van der Waals surface area contributed by atoms with Gasteiger partial charge in [0, 0.05) is 12.5 Å². The first-order valence-corrected chi connectivity index (χ1v) is 9.50. The molecule has 3 rings (SSSR count). The Balaban J connectivity index is 1.98. The van der Waals surface area contributed by atoms with Gasteiger partial charge in [0.15, 0.2) is 5.88 Å². The lowest BCUT2D eigenvalue weighted by atomic mass is 10.0. The number of carbonyl (C=O) groups is 1. The van der Waals surface area contributed by atoms with Crippen molar-refractivity contribution in [2.24, 2.45) is 5.92 Å². The van der Waals surface area contributed by atoms with Gasteiger partial charge in [-0.1, -0.05) is 17.9 Å². The van der Waals surface area contributed by atoms with Gasteiger partial charge in [-0.25, -0.2) is 4.98 Å². The van der Waals surface area contributed by atoms with Crippen molar-refractivity contribution in [2.45, 2.75) is 6.42 Å². The third-order valence-corrected chi connectivity index (χ3v) is 4.75. The fourth-order valence-electron chi connectivity index (χ4n) is 3.07. The predicted molar refractivity (Wildman–Crippen MR) is 116 cm³/mol. The van der Waals surface area contributed by atoms with Crippen molar-refractivity contribution in [3.8, 4) is 0 Å². The molecule has 0 amide bonds. The van der Waals surface area contributed by atoms with Crippen LogP contribution in [0.4, 0.5) is 17.1 Å². The van der Waals surface area contributed by atoms with E-state index in [1.165, 1.54) is 0 Å². The highest BCUT2D eigenvalue weighted by molar-refractivity contribution is 5.77. The van der Waals surface area contributed by atoms with Crippen LogP contribution in [0.3, 0.4) is 0 Å². The van der Waals surface area contributed by atoms with Crippen LogP contribution in [0.5, 0.6) is 0 Å². The number of fused-ring (bicyclic) bond motifs is 1. The van der Waals surface area contributed by atoms with Crippen molar-refractivity contribution in [3.63, 3.8) is 0 Å². The number of nitrogens with zero attached hydrogens (tertiary/aromatic N) is 3. The predicted octanol–water partition coefficient (Wildman–Crippen LogP) is 1.06. The van der Waals surface area contributed by atoms with Gasteiger partial charge >= 0.3 is 5.97 Å². The summed E-state index contributed by atoms with van der Waals surface area (Å²) in [6.07, 6.45) is -0.534. The van der Waals surface area contributed by atoms with Crippen LogP contribution < -0.4 is 21.2 Å². The second kappa shape index (κ2) is 9.85. The van der Waals surface area contributed by atoms with Crippen molar-refractivity contribution in [1.29, 1.82) is 0 Å². The number of esters is 1. The number of ether oxygens (including phenoxy) is 1. The minimum atomic E-state index is -1.71. The van der Waals surface area contributed by atoms with Crippen LogP contribution in [-0.2, 0) is 16.0 Å². The zero-order valence-corrected chi connectivity index (χ0v) is 17.4. The van der Waals surface area contributed by atoms with Gasteiger partial charge in [-0.05, 0) is 24.3 Å². The van der Waals surface area contributed by atoms with Crippen LogP contribution in [0.25, 0.3) is 11.0 Å². The molecule has 1 heterocycles. The number of benzene rings is 2. The maximum absolute atomic E-state index is 12.8. The lowest BCUT2D eigenvalue weighted by Crippen LogP contribution is -2.32. The number of hydrogen-bond donors (Lipinski definition) is 4. The van der Waals surface area contributed by atoms with Gasteiger partial charge in [0.25, 0.3) is 11.2 Å². The Bertz CT molecular complexity index is 1340. The number of carbonyl (C=O) groups excluding carboxylic acids is 1. The molecule has 0 saturated carbocycles. The van der Waals surface area contributed by atoms with Gasteiger partial charge in [0.1, 0.15) is 11.4 Å². The van der Waals surface area contributed by atoms with Gasteiger partial charge in [0.05, 0.1) is 34.7 Å². The second-order valence-corrected chi connectivity index (χ2v) is 6.88. The van der Waals surface area contributed by atoms with E-state index in [0.717, 1.165) is 19.2 Å². The van der Waals surface area contributed by atoms with Crippen LogP contribution in [0.2, 0.25) is 0 Å². The lowest BCUT2D eigenvalue weighted by Gasteiger charge is -2.24. The van der Waals surface area contributed by atoms with E-state index in [0.29, 0.717) is 17.1 Å². The Hall–Kier alpha value is -4.69. The summed E-state index contributed by atoms with van der Waals surface area (Å²) < 4.78 is 4.61. The third kappa shape index (κ3) is 5.03. The molecule has 0 bridgehead atoms.